The summed E-state index contributed by atoms with van der Waals surface area (Å²) in [7, 11) is 0. The molecule has 1 heterocycles. The van der Waals surface area contributed by atoms with Crippen molar-refractivity contribution in [2.24, 2.45) is 0 Å². The molecule has 0 aromatic heterocycles. The van der Waals surface area contributed by atoms with Gasteiger partial charge in [0, 0.05) is 0 Å². The van der Waals surface area contributed by atoms with Crippen molar-refractivity contribution in [3.63, 3.8) is 0 Å². The van der Waals surface area contributed by atoms with Gasteiger partial charge in [-0.3, -0.25) is 4.79 Å². The molecule has 6 nitrogen and oxygen atoms in total. The van der Waals surface area contributed by atoms with Gasteiger partial charge in [0.25, 0.3) is 0 Å². The maximum absolute atomic E-state index is 12.7. The molecule has 0 radical (unpaired) electrons. The standard InChI is InChI=1S/C15H20N2O4/c18-10-12(13(19)20)17-14(21)15(6-8-16-9-7-15)11-4-2-1-3-5-11/h1-5,12,16,18H,6-10H2,(H,17,21)(H,19,20)/t12-/m0/s1. The first-order chi connectivity index (χ1) is 10.1. The number of piperidine rings is 1. The van der Waals surface area contributed by atoms with Crippen LogP contribution in [0, 0.1) is 0 Å². The number of carboxylic acids is 1. The molecule has 0 saturated carbocycles. The Balaban J connectivity index is 2.28. The van der Waals surface area contributed by atoms with Crippen LogP contribution in [0.15, 0.2) is 30.3 Å². The summed E-state index contributed by atoms with van der Waals surface area (Å²) in [5.41, 5.74) is 0.140. The number of hydrogen-bond acceptors (Lipinski definition) is 4. The molecule has 0 aliphatic carbocycles. The number of benzene rings is 1. The van der Waals surface area contributed by atoms with Crippen molar-refractivity contribution >= 4 is 11.9 Å². The van der Waals surface area contributed by atoms with Gasteiger partial charge in [-0.2, -0.15) is 0 Å². The summed E-state index contributed by atoms with van der Waals surface area (Å²) in [5, 5.41) is 23.7. The van der Waals surface area contributed by atoms with Gasteiger partial charge < -0.3 is 20.8 Å². The van der Waals surface area contributed by atoms with E-state index in [1.807, 2.05) is 30.3 Å². The third kappa shape index (κ3) is 3.22. The van der Waals surface area contributed by atoms with Crippen LogP contribution in [-0.2, 0) is 15.0 Å². The topological polar surface area (TPSA) is 98.7 Å². The van der Waals surface area contributed by atoms with E-state index in [4.69, 9.17) is 10.2 Å². The van der Waals surface area contributed by atoms with Gasteiger partial charge in [-0.1, -0.05) is 30.3 Å². The number of aliphatic hydroxyl groups excluding tert-OH is 1. The van der Waals surface area contributed by atoms with E-state index in [1.54, 1.807) is 0 Å². The summed E-state index contributed by atoms with van der Waals surface area (Å²) in [6, 6.07) is 8.12. The normalized spacial score (nSPS) is 18.7. The second kappa shape index (κ2) is 6.69. The van der Waals surface area contributed by atoms with E-state index in [1.165, 1.54) is 0 Å². The van der Waals surface area contributed by atoms with E-state index in [0.717, 1.165) is 5.56 Å². The van der Waals surface area contributed by atoms with Gasteiger partial charge in [0.15, 0.2) is 0 Å². The number of carbonyl (C=O) groups excluding carboxylic acids is 1. The Morgan fingerprint density at radius 1 is 1.24 bits per heavy atom. The lowest BCUT2D eigenvalue weighted by Gasteiger charge is -2.37. The highest BCUT2D eigenvalue weighted by Crippen LogP contribution is 2.33. The van der Waals surface area contributed by atoms with Gasteiger partial charge in [-0.05, 0) is 31.5 Å². The van der Waals surface area contributed by atoms with E-state index >= 15 is 0 Å². The van der Waals surface area contributed by atoms with Gasteiger partial charge in [-0.15, -0.1) is 0 Å². The summed E-state index contributed by atoms with van der Waals surface area (Å²) in [4.78, 5) is 23.7. The molecule has 0 spiro atoms. The second-order valence-electron chi connectivity index (χ2n) is 5.24. The zero-order valence-electron chi connectivity index (χ0n) is 11.7. The number of aliphatic carboxylic acids is 1. The van der Waals surface area contributed by atoms with Crippen LogP contribution in [0.1, 0.15) is 18.4 Å². The van der Waals surface area contributed by atoms with Crippen LogP contribution < -0.4 is 10.6 Å². The van der Waals surface area contributed by atoms with E-state index in [9.17, 15) is 9.59 Å². The fraction of sp³-hybridized carbons (Fsp3) is 0.467. The van der Waals surface area contributed by atoms with Crippen molar-refractivity contribution in [1.29, 1.82) is 0 Å². The smallest absolute Gasteiger partial charge is 0.328 e. The van der Waals surface area contributed by atoms with Crippen LogP contribution in [0.25, 0.3) is 0 Å². The lowest BCUT2D eigenvalue weighted by molar-refractivity contribution is -0.144. The van der Waals surface area contributed by atoms with Crippen molar-refractivity contribution in [3.05, 3.63) is 35.9 Å². The minimum absolute atomic E-state index is 0.336. The average Bonchev–Trinajstić information content (AvgIpc) is 2.53. The Kier molecular flexibility index (Phi) is 4.93. The first kappa shape index (κ1) is 15.5. The molecule has 114 valence electrons. The summed E-state index contributed by atoms with van der Waals surface area (Å²) in [6.45, 7) is 0.766. The molecule has 1 aromatic rings. The largest absolute Gasteiger partial charge is 0.480 e. The second-order valence-corrected chi connectivity index (χ2v) is 5.24. The summed E-state index contributed by atoms with van der Waals surface area (Å²) >= 11 is 0. The number of carboxylic acid groups (broad SMARTS) is 1. The van der Waals surface area contributed by atoms with E-state index in [-0.39, 0.29) is 5.91 Å². The zero-order chi connectivity index (χ0) is 15.3. The molecule has 21 heavy (non-hydrogen) atoms. The van der Waals surface area contributed by atoms with E-state index < -0.39 is 24.0 Å². The van der Waals surface area contributed by atoms with Crippen molar-refractivity contribution in [3.8, 4) is 0 Å². The number of aliphatic hydroxyl groups is 1. The fourth-order valence-corrected chi connectivity index (χ4v) is 2.74. The van der Waals surface area contributed by atoms with Gasteiger partial charge in [0.1, 0.15) is 6.04 Å². The third-order valence-electron chi connectivity index (χ3n) is 4.00. The van der Waals surface area contributed by atoms with Crippen LogP contribution in [0.2, 0.25) is 0 Å². The molecule has 1 amide bonds. The molecule has 1 atom stereocenters. The van der Waals surface area contributed by atoms with Crippen molar-refractivity contribution in [2.45, 2.75) is 24.3 Å². The minimum Gasteiger partial charge on any atom is -0.480 e. The Morgan fingerprint density at radius 2 is 1.86 bits per heavy atom. The molecule has 1 fully saturated rings. The van der Waals surface area contributed by atoms with Gasteiger partial charge >= 0.3 is 5.97 Å². The van der Waals surface area contributed by atoms with Crippen molar-refractivity contribution in [1.82, 2.24) is 10.6 Å². The highest BCUT2D eigenvalue weighted by atomic mass is 16.4. The van der Waals surface area contributed by atoms with Gasteiger partial charge in [-0.25, -0.2) is 4.79 Å². The lowest BCUT2D eigenvalue weighted by Crippen LogP contribution is -2.55. The Labute approximate surface area is 123 Å². The van der Waals surface area contributed by atoms with Crippen LogP contribution >= 0.6 is 0 Å². The number of nitrogens with one attached hydrogen (secondary N) is 2. The number of amides is 1. The molecule has 0 unspecified atom stereocenters. The average molecular weight is 292 g/mol. The fourth-order valence-electron chi connectivity index (χ4n) is 2.74. The molecular formula is C15H20N2O4. The lowest BCUT2D eigenvalue weighted by atomic mass is 9.72. The molecule has 1 aliphatic rings. The monoisotopic (exact) mass is 292 g/mol. The molecule has 1 aliphatic heterocycles. The molecule has 4 N–H and O–H groups in total. The molecule has 2 rings (SSSR count). The predicted molar refractivity (Wildman–Crippen MR) is 76.9 cm³/mol. The van der Waals surface area contributed by atoms with Crippen LogP contribution in [0.5, 0.6) is 0 Å². The van der Waals surface area contributed by atoms with Crippen LogP contribution in [-0.4, -0.2) is 47.8 Å². The van der Waals surface area contributed by atoms with Crippen LogP contribution in [0.3, 0.4) is 0 Å². The van der Waals surface area contributed by atoms with Gasteiger partial charge in [0.05, 0.1) is 12.0 Å². The first-order valence-electron chi connectivity index (χ1n) is 7.01. The maximum Gasteiger partial charge on any atom is 0.328 e. The predicted octanol–water partition coefficient (Wildman–Crippen LogP) is -0.130. The molecule has 1 aromatic carbocycles. The van der Waals surface area contributed by atoms with Gasteiger partial charge in [0.2, 0.25) is 5.91 Å². The maximum atomic E-state index is 12.7. The summed E-state index contributed by atoms with van der Waals surface area (Å²) in [6.07, 6.45) is 1.20. The highest BCUT2D eigenvalue weighted by Gasteiger charge is 2.42. The third-order valence-corrected chi connectivity index (χ3v) is 4.00. The van der Waals surface area contributed by atoms with Crippen LogP contribution in [0.4, 0.5) is 0 Å². The Morgan fingerprint density at radius 3 is 2.38 bits per heavy atom. The Hall–Kier alpha value is -1.92. The van der Waals surface area contributed by atoms with Crippen molar-refractivity contribution < 1.29 is 19.8 Å². The zero-order valence-corrected chi connectivity index (χ0v) is 11.7. The molecular weight excluding hydrogens is 272 g/mol. The number of rotatable bonds is 5. The van der Waals surface area contributed by atoms with E-state index in [2.05, 4.69) is 10.6 Å². The summed E-state index contributed by atoms with van der Waals surface area (Å²) < 4.78 is 0. The number of carbonyl (C=O) groups is 2. The minimum atomic E-state index is -1.27. The van der Waals surface area contributed by atoms with E-state index in [0.29, 0.717) is 25.9 Å². The molecule has 6 heteroatoms. The summed E-state index contributed by atoms with van der Waals surface area (Å²) in [5.74, 6) is -1.57. The van der Waals surface area contributed by atoms with Crippen molar-refractivity contribution in [2.75, 3.05) is 19.7 Å². The molecule has 1 saturated heterocycles. The molecule has 0 bridgehead atoms. The quantitative estimate of drug-likeness (QED) is 0.606. The Bertz CT molecular complexity index is 498. The first-order valence-corrected chi connectivity index (χ1v) is 7.01. The highest BCUT2D eigenvalue weighted by molar-refractivity contribution is 5.91. The SMILES string of the molecule is O=C(O)[C@H](CO)NC(=O)C1(c2ccccc2)CCNCC1. The number of hydrogen-bond donors (Lipinski definition) is 4.